The number of aromatic amines is 2. The molecule has 0 aliphatic heterocycles. The molecule has 0 radical (unpaired) electrons. The smallest absolute Gasteiger partial charge is 0.357 e. The molecule has 92 valence electrons. The number of aromatic nitrogens is 2. The van der Waals surface area contributed by atoms with Gasteiger partial charge >= 0.3 is 16.9 Å². The Bertz CT molecular complexity index is 557. The first-order chi connectivity index (χ1) is 7.95. The van der Waals surface area contributed by atoms with Crippen LogP contribution in [0, 0.1) is 10.1 Å². The number of nitrogens with one attached hydrogen (secondary N) is 2. The molecule has 0 saturated carbocycles. The molecule has 0 amide bonds. The van der Waals surface area contributed by atoms with Crippen molar-refractivity contribution in [3.05, 3.63) is 42.7 Å². The van der Waals surface area contributed by atoms with Crippen molar-refractivity contribution in [2.24, 2.45) is 0 Å². The first kappa shape index (κ1) is 12.8. The molecule has 4 N–H and O–H groups in total. The second-order valence-electron chi connectivity index (χ2n) is 3.04. The quantitative estimate of drug-likeness (QED) is 0.367. The van der Waals surface area contributed by atoms with E-state index >= 15 is 0 Å². The first-order valence-corrected chi connectivity index (χ1v) is 4.44. The molecule has 9 nitrogen and oxygen atoms in total. The monoisotopic (exact) mass is 243 g/mol. The van der Waals surface area contributed by atoms with E-state index in [1.54, 1.807) is 4.98 Å². The van der Waals surface area contributed by atoms with Crippen molar-refractivity contribution in [3.63, 3.8) is 0 Å². The molecule has 1 aromatic heterocycles. The molecule has 0 aromatic carbocycles. The Hall–Kier alpha value is -2.26. The van der Waals surface area contributed by atoms with Crippen molar-refractivity contribution in [3.8, 4) is 0 Å². The Morgan fingerprint density at radius 1 is 1.41 bits per heavy atom. The lowest BCUT2D eigenvalue weighted by Crippen LogP contribution is -2.25. The van der Waals surface area contributed by atoms with Crippen molar-refractivity contribution in [1.82, 2.24) is 9.97 Å². The second-order valence-corrected chi connectivity index (χ2v) is 3.04. The van der Waals surface area contributed by atoms with Gasteiger partial charge in [0.15, 0.2) is 0 Å². The van der Waals surface area contributed by atoms with Gasteiger partial charge in [0.2, 0.25) is 0 Å². The molecule has 0 aliphatic rings. The van der Waals surface area contributed by atoms with Gasteiger partial charge in [0.25, 0.3) is 0 Å². The van der Waals surface area contributed by atoms with Gasteiger partial charge in [-0.25, -0.2) is 4.79 Å². The van der Waals surface area contributed by atoms with Crippen LogP contribution in [-0.2, 0) is 0 Å². The zero-order valence-electron chi connectivity index (χ0n) is 8.41. The summed E-state index contributed by atoms with van der Waals surface area (Å²) in [5.41, 5.74) is -3.24. The SMILES string of the molecule is O=c1[nH]c(C=CC(O)CO)c([N+](=O)[O-])c(=O)[nH]1. The van der Waals surface area contributed by atoms with Crippen LogP contribution in [0.1, 0.15) is 5.69 Å². The first-order valence-electron chi connectivity index (χ1n) is 4.44. The van der Waals surface area contributed by atoms with E-state index in [1.165, 1.54) is 0 Å². The second kappa shape index (κ2) is 5.18. The van der Waals surface area contributed by atoms with E-state index in [0.29, 0.717) is 0 Å². The molecule has 1 heterocycles. The van der Waals surface area contributed by atoms with Crippen LogP contribution in [0.5, 0.6) is 0 Å². The maximum Gasteiger partial charge on any atom is 0.357 e. The van der Waals surface area contributed by atoms with Crippen LogP contribution in [0.15, 0.2) is 15.7 Å². The van der Waals surface area contributed by atoms with Crippen molar-refractivity contribution < 1.29 is 15.1 Å². The van der Waals surface area contributed by atoms with Gasteiger partial charge in [-0.05, 0) is 6.08 Å². The Morgan fingerprint density at radius 2 is 2.06 bits per heavy atom. The molecule has 17 heavy (non-hydrogen) atoms. The van der Waals surface area contributed by atoms with Gasteiger partial charge in [-0.2, -0.15) is 0 Å². The number of aliphatic hydroxyl groups excluding tert-OH is 2. The van der Waals surface area contributed by atoms with Crippen molar-refractivity contribution in [2.75, 3.05) is 6.61 Å². The van der Waals surface area contributed by atoms with Gasteiger partial charge in [0.05, 0.1) is 17.6 Å². The maximum absolute atomic E-state index is 11.2. The van der Waals surface area contributed by atoms with Crippen molar-refractivity contribution in [1.29, 1.82) is 0 Å². The lowest BCUT2D eigenvalue weighted by Gasteiger charge is -1.99. The van der Waals surface area contributed by atoms with E-state index in [2.05, 4.69) is 0 Å². The van der Waals surface area contributed by atoms with E-state index in [0.717, 1.165) is 12.2 Å². The number of hydrogen-bond acceptors (Lipinski definition) is 6. The van der Waals surface area contributed by atoms with E-state index in [-0.39, 0.29) is 5.69 Å². The number of aliphatic hydroxyl groups is 2. The fraction of sp³-hybridized carbons (Fsp3) is 0.250. The number of rotatable bonds is 4. The van der Waals surface area contributed by atoms with Gasteiger partial charge in [0.1, 0.15) is 5.69 Å². The van der Waals surface area contributed by atoms with Crippen LogP contribution in [0.4, 0.5) is 5.69 Å². The van der Waals surface area contributed by atoms with Crippen LogP contribution < -0.4 is 11.2 Å². The van der Waals surface area contributed by atoms with E-state index < -0.39 is 34.6 Å². The zero-order chi connectivity index (χ0) is 13.0. The Balaban J connectivity index is 3.32. The Labute approximate surface area is 93.2 Å². The number of H-pyrrole nitrogens is 2. The largest absolute Gasteiger partial charge is 0.393 e. The minimum Gasteiger partial charge on any atom is -0.393 e. The summed E-state index contributed by atoms with van der Waals surface area (Å²) in [6, 6.07) is 0. The molecule has 0 fully saturated rings. The third-order valence-corrected chi connectivity index (χ3v) is 1.80. The highest BCUT2D eigenvalue weighted by molar-refractivity contribution is 5.55. The number of nitrogens with zero attached hydrogens (tertiary/aromatic N) is 1. The summed E-state index contributed by atoms with van der Waals surface area (Å²) in [6.07, 6.45) is 0.755. The fourth-order valence-electron chi connectivity index (χ4n) is 1.07. The summed E-state index contributed by atoms with van der Waals surface area (Å²) in [5, 5.41) is 28.1. The standard InChI is InChI=1S/C8H9N3O6/c12-3-4(13)1-2-5-6(11(16)17)7(14)10-8(15)9-5/h1-2,4,12-13H,3H2,(H2,9,10,14,15). The van der Waals surface area contributed by atoms with Crippen LogP contribution in [0.2, 0.25) is 0 Å². The summed E-state index contributed by atoms with van der Waals surface area (Å²) in [5.74, 6) is 0. The summed E-state index contributed by atoms with van der Waals surface area (Å²) in [4.78, 5) is 35.5. The molecule has 1 atom stereocenters. The normalized spacial score (nSPS) is 12.8. The molecule has 1 rings (SSSR count). The number of hydrogen-bond donors (Lipinski definition) is 4. The van der Waals surface area contributed by atoms with Crippen LogP contribution in [-0.4, -0.2) is 37.8 Å². The van der Waals surface area contributed by atoms with E-state index in [1.807, 2.05) is 4.98 Å². The van der Waals surface area contributed by atoms with Gasteiger partial charge in [-0.15, -0.1) is 0 Å². The third-order valence-electron chi connectivity index (χ3n) is 1.80. The maximum atomic E-state index is 11.2. The summed E-state index contributed by atoms with van der Waals surface area (Å²) in [7, 11) is 0. The fourth-order valence-corrected chi connectivity index (χ4v) is 1.07. The molecule has 9 heteroatoms. The molecule has 0 spiro atoms. The predicted octanol–water partition coefficient (Wildman–Crippen LogP) is -1.66. The molecular formula is C8H9N3O6. The minimum atomic E-state index is -1.24. The molecular weight excluding hydrogens is 234 g/mol. The zero-order valence-corrected chi connectivity index (χ0v) is 8.41. The van der Waals surface area contributed by atoms with Crippen molar-refractivity contribution >= 4 is 11.8 Å². The summed E-state index contributed by atoms with van der Waals surface area (Å²) >= 11 is 0. The average Bonchev–Trinajstić information content (AvgIpc) is 2.24. The minimum absolute atomic E-state index is 0.351. The third kappa shape index (κ3) is 3.09. The predicted molar refractivity (Wildman–Crippen MR) is 56.5 cm³/mol. The van der Waals surface area contributed by atoms with Gasteiger partial charge in [-0.1, -0.05) is 6.08 Å². The van der Waals surface area contributed by atoms with Crippen molar-refractivity contribution in [2.45, 2.75) is 6.10 Å². The highest BCUT2D eigenvalue weighted by Crippen LogP contribution is 2.09. The molecule has 1 unspecified atom stereocenters. The molecule has 1 aromatic rings. The number of nitro groups is 1. The summed E-state index contributed by atoms with van der Waals surface area (Å²) in [6.45, 7) is -0.586. The lowest BCUT2D eigenvalue weighted by molar-refractivity contribution is -0.386. The topological polar surface area (TPSA) is 149 Å². The van der Waals surface area contributed by atoms with Crippen LogP contribution >= 0.6 is 0 Å². The van der Waals surface area contributed by atoms with Crippen LogP contribution in [0.3, 0.4) is 0 Å². The molecule has 0 bridgehead atoms. The molecule has 0 aliphatic carbocycles. The highest BCUT2D eigenvalue weighted by Gasteiger charge is 2.18. The molecule has 0 saturated heterocycles. The highest BCUT2D eigenvalue weighted by atomic mass is 16.6. The lowest BCUT2D eigenvalue weighted by atomic mass is 10.2. The van der Waals surface area contributed by atoms with Gasteiger partial charge in [0, 0.05) is 0 Å². The Morgan fingerprint density at radius 3 is 2.59 bits per heavy atom. The average molecular weight is 243 g/mol. The van der Waals surface area contributed by atoms with E-state index in [4.69, 9.17) is 10.2 Å². The Kier molecular flexibility index (Phi) is 3.91. The summed E-state index contributed by atoms with van der Waals surface area (Å²) < 4.78 is 0. The van der Waals surface area contributed by atoms with Gasteiger partial charge < -0.3 is 15.2 Å². The van der Waals surface area contributed by atoms with Gasteiger partial charge in [-0.3, -0.25) is 19.9 Å². The van der Waals surface area contributed by atoms with E-state index in [9.17, 15) is 19.7 Å². The van der Waals surface area contributed by atoms with Crippen LogP contribution in [0.25, 0.3) is 6.08 Å².